The first-order valence-electron chi connectivity index (χ1n) is 10.5. The number of likely N-dealkylation sites (tertiary alicyclic amines) is 1. The zero-order valence-corrected chi connectivity index (χ0v) is 16.8. The van der Waals surface area contributed by atoms with Gasteiger partial charge in [-0.3, -0.25) is 4.79 Å². The number of urea groups is 1. The van der Waals surface area contributed by atoms with Crippen LogP contribution in [0.25, 0.3) is 10.8 Å². The largest absolute Gasteiger partial charge is 0.349 e. The molecular weight excluding hydrogens is 374 g/mol. The average molecular weight is 399 g/mol. The highest BCUT2D eigenvalue weighted by molar-refractivity contribution is 6.07. The predicted octanol–water partition coefficient (Wildman–Crippen LogP) is 4.66. The number of nitrogens with zero attached hydrogens (tertiary/aromatic N) is 1. The lowest BCUT2D eigenvalue weighted by atomic mass is 9.92. The summed E-state index contributed by atoms with van der Waals surface area (Å²) in [5.41, 5.74) is 1.69. The zero-order valence-electron chi connectivity index (χ0n) is 16.8. The third kappa shape index (κ3) is 3.52. The Morgan fingerprint density at radius 3 is 2.37 bits per heavy atom. The highest BCUT2D eigenvalue weighted by atomic mass is 16.2. The summed E-state index contributed by atoms with van der Waals surface area (Å²) in [6.45, 7) is 1.44. The van der Waals surface area contributed by atoms with Crippen LogP contribution in [0.3, 0.4) is 0 Å². The molecule has 2 N–H and O–H groups in total. The number of carbonyl (C=O) groups is 2. The quantitative estimate of drug-likeness (QED) is 0.673. The number of amides is 3. The third-order valence-corrected chi connectivity index (χ3v) is 6.60. The SMILES string of the molecule is O=C(NC1CC12CCN(C(=O)Nc1ccccc1)CC2)c1cccc2ccccc12. The Kier molecular flexibility index (Phi) is 4.66. The monoisotopic (exact) mass is 399 g/mol. The standard InChI is InChI=1S/C25H25N3O2/c29-23(21-12-6-8-18-7-4-5-11-20(18)21)27-22-17-25(22)13-15-28(16-14-25)24(30)26-19-9-2-1-3-10-19/h1-12,22H,13-17H2,(H,26,30)(H,27,29). The number of piperidine rings is 1. The van der Waals surface area contributed by atoms with Crippen LogP contribution in [0.2, 0.25) is 0 Å². The van der Waals surface area contributed by atoms with E-state index in [1.165, 1.54) is 0 Å². The number of carbonyl (C=O) groups excluding carboxylic acids is 2. The molecule has 1 saturated heterocycles. The fourth-order valence-corrected chi connectivity index (χ4v) is 4.64. The molecule has 3 aromatic carbocycles. The molecule has 1 spiro atoms. The number of para-hydroxylation sites is 1. The number of hydrogen-bond donors (Lipinski definition) is 2. The van der Waals surface area contributed by atoms with E-state index >= 15 is 0 Å². The van der Waals surface area contributed by atoms with Gasteiger partial charge < -0.3 is 15.5 Å². The molecule has 5 rings (SSSR count). The molecule has 3 aromatic rings. The number of rotatable bonds is 3. The molecular formula is C25H25N3O2. The van der Waals surface area contributed by atoms with Gasteiger partial charge in [0.05, 0.1) is 0 Å². The first-order valence-corrected chi connectivity index (χ1v) is 10.5. The van der Waals surface area contributed by atoms with Crippen LogP contribution < -0.4 is 10.6 Å². The van der Waals surface area contributed by atoms with Crippen LogP contribution in [0.5, 0.6) is 0 Å². The van der Waals surface area contributed by atoms with Crippen molar-refractivity contribution >= 4 is 28.4 Å². The molecule has 0 aromatic heterocycles. The summed E-state index contributed by atoms with van der Waals surface area (Å²) < 4.78 is 0. The maximum absolute atomic E-state index is 12.9. The molecule has 30 heavy (non-hydrogen) atoms. The van der Waals surface area contributed by atoms with E-state index in [1.54, 1.807) is 0 Å². The molecule has 1 aliphatic heterocycles. The summed E-state index contributed by atoms with van der Waals surface area (Å²) in [7, 11) is 0. The second-order valence-corrected chi connectivity index (χ2v) is 8.40. The van der Waals surface area contributed by atoms with E-state index in [9.17, 15) is 9.59 Å². The van der Waals surface area contributed by atoms with Gasteiger partial charge in [-0.2, -0.15) is 0 Å². The minimum absolute atomic E-state index is 0.00192. The van der Waals surface area contributed by atoms with Crippen molar-refractivity contribution in [1.29, 1.82) is 0 Å². The number of anilines is 1. The van der Waals surface area contributed by atoms with E-state index in [0.29, 0.717) is 0 Å². The van der Waals surface area contributed by atoms with Gasteiger partial charge in [-0.15, -0.1) is 0 Å². The number of fused-ring (bicyclic) bond motifs is 1. The van der Waals surface area contributed by atoms with E-state index < -0.39 is 0 Å². The smallest absolute Gasteiger partial charge is 0.321 e. The lowest BCUT2D eigenvalue weighted by Crippen LogP contribution is -2.43. The Balaban J connectivity index is 1.18. The normalized spacial score (nSPS) is 19.5. The molecule has 0 radical (unpaired) electrons. The number of hydrogen-bond acceptors (Lipinski definition) is 2. The van der Waals surface area contributed by atoms with Gasteiger partial charge in [0.2, 0.25) is 0 Å². The Bertz CT molecular complexity index is 1080. The molecule has 1 unspecified atom stereocenters. The van der Waals surface area contributed by atoms with Crippen molar-refractivity contribution in [2.75, 3.05) is 18.4 Å². The zero-order chi connectivity index (χ0) is 20.6. The fourth-order valence-electron chi connectivity index (χ4n) is 4.64. The van der Waals surface area contributed by atoms with Gasteiger partial charge in [0.25, 0.3) is 5.91 Å². The molecule has 152 valence electrons. The lowest BCUT2D eigenvalue weighted by Gasteiger charge is -2.33. The molecule has 1 saturated carbocycles. The van der Waals surface area contributed by atoms with Gasteiger partial charge >= 0.3 is 6.03 Å². The van der Waals surface area contributed by atoms with Crippen molar-refractivity contribution < 1.29 is 9.59 Å². The van der Waals surface area contributed by atoms with E-state index in [0.717, 1.165) is 54.4 Å². The summed E-state index contributed by atoms with van der Waals surface area (Å²) in [6, 6.07) is 23.5. The van der Waals surface area contributed by atoms with Crippen LogP contribution in [0.4, 0.5) is 10.5 Å². The molecule has 0 bridgehead atoms. The second kappa shape index (κ2) is 7.48. The summed E-state index contributed by atoms with van der Waals surface area (Å²) in [6.07, 6.45) is 2.85. The molecule has 5 nitrogen and oxygen atoms in total. The number of benzene rings is 3. The summed E-state index contributed by atoms with van der Waals surface area (Å²) in [5.74, 6) is -0.00192. The Hall–Kier alpha value is -3.34. The Morgan fingerprint density at radius 1 is 0.867 bits per heavy atom. The van der Waals surface area contributed by atoms with Gasteiger partial charge in [0, 0.05) is 30.4 Å². The highest BCUT2D eigenvalue weighted by Crippen LogP contribution is 2.54. The highest BCUT2D eigenvalue weighted by Gasteiger charge is 2.56. The molecule has 1 atom stereocenters. The molecule has 1 heterocycles. The summed E-state index contributed by atoms with van der Waals surface area (Å²) >= 11 is 0. The topological polar surface area (TPSA) is 61.4 Å². The van der Waals surface area contributed by atoms with Gasteiger partial charge in [0.15, 0.2) is 0 Å². The minimum Gasteiger partial charge on any atom is -0.349 e. The third-order valence-electron chi connectivity index (χ3n) is 6.60. The van der Waals surface area contributed by atoms with Crippen molar-refractivity contribution in [2.45, 2.75) is 25.3 Å². The van der Waals surface area contributed by atoms with Gasteiger partial charge in [-0.1, -0.05) is 54.6 Å². The van der Waals surface area contributed by atoms with Crippen LogP contribution in [-0.2, 0) is 0 Å². The fraction of sp³-hybridized carbons (Fsp3) is 0.280. The number of nitrogens with one attached hydrogen (secondary N) is 2. The summed E-state index contributed by atoms with van der Waals surface area (Å²) in [5, 5.41) is 8.27. The van der Waals surface area contributed by atoms with Crippen LogP contribution in [0, 0.1) is 5.41 Å². The van der Waals surface area contributed by atoms with Crippen LogP contribution >= 0.6 is 0 Å². The molecule has 1 aliphatic carbocycles. The van der Waals surface area contributed by atoms with E-state index in [1.807, 2.05) is 77.7 Å². The predicted molar refractivity (Wildman–Crippen MR) is 119 cm³/mol. The maximum Gasteiger partial charge on any atom is 0.321 e. The summed E-state index contributed by atoms with van der Waals surface area (Å²) in [4.78, 5) is 27.3. The van der Waals surface area contributed by atoms with Gasteiger partial charge in [0.1, 0.15) is 0 Å². The average Bonchev–Trinajstić information content (AvgIpc) is 3.44. The second-order valence-electron chi connectivity index (χ2n) is 8.40. The van der Waals surface area contributed by atoms with Crippen molar-refractivity contribution in [1.82, 2.24) is 10.2 Å². The van der Waals surface area contributed by atoms with E-state index in [2.05, 4.69) is 10.6 Å². The lowest BCUT2D eigenvalue weighted by molar-refractivity contribution is 0.0939. The van der Waals surface area contributed by atoms with Crippen molar-refractivity contribution in [3.8, 4) is 0 Å². The Morgan fingerprint density at radius 2 is 1.57 bits per heavy atom. The van der Waals surface area contributed by atoms with E-state index in [4.69, 9.17) is 0 Å². The Labute approximate surface area is 176 Å². The van der Waals surface area contributed by atoms with E-state index in [-0.39, 0.29) is 23.4 Å². The first-order chi connectivity index (χ1) is 14.6. The first kappa shape index (κ1) is 18.7. The molecule has 3 amide bonds. The maximum atomic E-state index is 12.9. The van der Waals surface area contributed by atoms with Crippen molar-refractivity contribution in [3.05, 3.63) is 78.4 Å². The van der Waals surface area contributed by atoms with Gasteiger partial charge in [-0.05, 0) is 53.6 Å². The molecule has 5 heteroatoms. The van der Waals surface area contributed by atoms with Crippen molar-refractivity contribution in [2.24, 2.45) is 5.41 Å². The van der Waals surface area contributed by atoms with Gasteiger partial charge in [-0.25, -0.2) is 4.79 Å². The molecule has 2 aliphatic rings. The van der Waals surface area contributed by atoms with Crippen LogP contribution in [0.1, 0.15) is 29.6 Å². The van der Waals surface area contributed by atoms with Crippen molar-refractivity contribution in [3.63, 3.8) is 0 Å². The minimum atomic E-state index is -0.0481. The van der Waals surface area contributed by atoms with Crippen LogP contribution in [-0.4, -0.2) is 36.0 Å². The molecule has 2 fully saturated rings. The van der Waals surface area contributed by atoms with Crippen LogP contribution in [0.15, 0.2) is 72.8 Å².